The molecule has 1 aromatic carbocycles. The highest BCUT2D eigenvalue weighted by atomic mass is 32.2. The summed E-state index contributed by atoms with van der Waals surface area (Å²) in [4.78, 5) is 6.91. The second-order valence-corrected chi connectivity index (χ2v) is 8.13. The number of anilines is 1. The Labute approximate surface area is 137 Å². The second kappa shape index (κ2) is 6.35. The summed E-state index contributed by atoms with van der Waals surface area (Å²) in [6.07, 6.45) is 7.12. The summed E-state index contributed by atoms with van der Waals surface area (Å²) < 4.78 is 29.1. The molecule has 0 aromatic heterocycles. The van der Waals surface area contributed by atoms with Gasteiger partial charge in [-0.15, -0.1) is 0 Å². The summed E-state index contributed by atoms with van der Waals surface area (Å²) in [6.45, 7) is 3.85. The average Bonchev–Trinajstić information content (AvgIpc) is 2.93. The van der Waals surface area contributed by atoms with Crippen LogP contribution in [0.1, 0.15) is 19.8 Å². The molecule has 0 aliphatic carbocycles. The summed E-state index contributed by atoms with van der Waals surface area (Å²) in [6, 6.07) is 7.25. The maximum Gasteiger partial charge on any atom is 0.175 e. The Balaban J connectivity index is 1.56. The predicted octanol–water partition coefficient (Wildman–Crippen LogP) is 2.43. The molecule has 0 amide bonds. The lowest BCUT2D eigenvalue weighted by molar-refractivity contribution is 0.0865. The van der Waals surface area contributed by atoms with E-state index in [-0.39, 0.29) is 12.1 Å². The van der Waals surface area contributed by atoms with E-state index >= 15 is 0 Å². The Bertz CT molecular complexity index is 715. The topological polar surface area (TPSA) is 59.0 Å². The number of aliphatic imine (C=N–C) groups is 1. The lowest BCUT2D eigenvalue weighted by atomic mass is 10.1. The van der Waals surface area contributed by atoms with Crippen molar-refractivity contribution >= 4 is 21.7 Å². The molecule has 0 radical (unpaired) electrons. The molecular weight excluding hydrogens is 312 g/mol. The van der Waals surface area contributed by atoms with Crippen LogP contribution >= 0.6 is 0 Å². The van der Waals surface area contributed by atoms with Crippen molar-refractivity contribution in [1.29, 1.82) is 0 Å². The first-order valence-electron chi connectivity index (χ1n) is 7.88. The number of nitrogens with zero attached hydrogens (tertiary/aromatic N) is 2. The minimum Gasteiger partial charge on any atom is -0.492 e. The van der Waals surface area contributed by atoms with Gasteiger partial charge in [0.05, 0.1) is 4.90 Å². The molecule has 6 heteroatoms. The molecule has 5 nitrogen and oxygen atoms in total. The van der Waals surface area contributed by atoms with Crippen LogP contribution < -0.4 is 4.90 Å². The first-order chi connectivity index (χ1) is 10.9. The largest absolute Gasteiger partial charge is 0.492 e. The molecule has 0 bridgehead atoms. The van der Waals surface area contributed by atoms with E-state index in [0.717, 1.165) is 37.4 Å². The fourth-order valence-corrected chi connectivity index (χ4v) is 3.55. The van der Waals surface area contributed by atoms with Crippen molar-refractivity contribution in [2.45, 2.75) is 36.8 Å². The van der Waals surface area contributed by atoms with E-state index in [4.69, 9.17) is 4.74 Å². The van der Waals surface area contributed by atoms with E-state index in [1.54, 1.807) is 18.3 Å². The molecule has 124 valence electrons. The molecule has 2 aliphatic heterocycles. The molecule has 1 aromatic rings. The van der Waals surface area contributed by atoms with E-state index in [2.05, 4.69) is 9.89 Å². The Hall–Kier alpha value is -1.82. The highest BCUT2D eigenvalue weighted by Gasteiger charge is 2.23. The van der Waals surface area contributed by atoms with Gasteiger partial charge in [0.25, 0.3) is 0 Å². The summed E-state index contributed by atoms with van der Waals surface area (Å²) >= 11 is 0. The van der Waals surface area contributed by atoms with E-state index in [1.165, 1.54) is 6.26 Å². The molecule has 0 saturated carbocycles. The third-order valence-corrected chi connectivity index (χ3v) is 5.46. The molecule has 1 atom stereocenters. The summed E-state index contributed by atoms with van der Waals surface area (Å²) in [5, 5.41) is 0. The number of hydrogen-bond donors (Lipinski definition) is 0. The number of sulfone groups is 1. The summed E-state index contributed by atoms with van der Waals surface area (Å²) in [5.74, 6) is 0.959. The van der Waals surface area contributed by atoms with Crippen LogP contribution in [0.3, 0.4) is 0 Å². The van der Waals surface area contributed by atoms with Gasteiger partial charge in [0.15, 0.2) is 9.84 Å². The maximum absolute atomic E-state index is 11.5. The van der Waals surface area contributed by atoms with Crippen LogP contribution in [0.2, 0.25) is 0 Å². The lowest BCUT2D eigenvalue weighted by Crippen LogP contribution is -2.37. The van der Waals surface area contributed by atoms with E-state index in [9.17, 15) is 8.42 Å². The van der Waals surface area contributed by atoms with Crippen molar-refractivity contribution in [1.82, 2.24) is 0 Å². The van der Waals surface area contributed by atoms with Crippen LogP contribution in [0.15, 0.2) is 46.0 Å². The SMILES string of the molecule is CC1N=CC=C1OC1CCN(c2ccc(S(C)(=O)=O)cc2)CC1. The fourth-order valence-electron chi connectivity index (χ4n) is 2.92. The van der Waals surface area contributed by atoms with Gasteiger partial charge < -0.3 is 9.64 Å². The Kier molecular flexibility index (Phi) is 4.43. The van der Waals surface area contributed by atoms with Gasteiger partial charge in [-0.3, -0.25) is 4.99 Å². The number of piperidine rings is 1. The molecule has 23 heavy (non-hydrogen) atoms. The molecule has 1 saturated heterocycles. The van der Waals surface area contributed by atoms with E-state index in [0.29, 0.717) is 4.90 Å². The lowest BCUT2D eigenvalue weighted by Gasteiger charge is -2.34. The molecule has 0 N–H and O–H groups in total. The molecular formula is C17H22N2O3S. The highest BCUT2D eigenvalue weighted by molar-refractivity contribution is 7.90. The van der Waals surface area contributed by atoms with Crippen LogP contribution in [0.5, 0.6) is 0 Å². The average molecular weight is 334 g/mol. The van der Waals surface area contributed by atoms with E-state index < -0.39 is 9.84 Å². The fraction of sp³-hybridized carbons (Fsp3) is 0.471. The third kappa shape index (κ3) is 3.75. The van der Waals surface area contributed by atoms with Gasteiger partial charge in [0, 0.05) is 44.1 Å². The van der Waals surface area contributed by atoms with Crippen LogP contribution in [-0.2, 0) is 14.6 Å². The van der Waals surface area contributed by atoms with Crippen molar-refractivity contribution in [2.24, 2.45) is 4.99 Å². The van der Waals surface area contributed by atoms with Crippen molar-refractivity contribution in [3.8, 4) is 0 Å². The first kappa shape index (κ1) is 16.1. The molecule has 1 unspecified atom stereocenters. The number of hydrogen-bond acceptors (Lipinski definition) is 5. The molecule has 1 fully saturated rings. The van der Waals surface area contributed by atoms with Crippen LogP contribution in [0.25, 0.3) is 0 Å². The van der Waals surface area contributed by atoms with Crippen LogP contribution in [-0.4, -0.2) is 46.1 Å². The molecule has 3 rings (SSSR count). The van der Waals surface area contributed by atoms with E-state index in [1.807, 2.05) is 25.1 Å². The van der Waals surface area contributed by atoms with Crippen LogP contribution in [0.4, 0.5) is 5.69 Å². The molecule has 0 spiro atoms. The second-order valence-electron chi connectivity index (χ2n) is 6.11. The van der Waals surface area contributed by atoms with Crippen molar-refractivity contribution in [3.05, 3.63) is 36.1 Å². The van der Waals surface area contributed by atoms with Crippen molar-refractivity contribution in [2.75, 3.05) is 24.2 Å². The van der Waals surface area contributed by atoms with Gasteiger partial charge >= 0.3 is 0 Å². The number of ether oxygens (including phenoxy) is 1. The number of allylic oxidation sites excluding steroid dienone is 1. The molecule has 2 heterocycles. The maximum atomic E-state index is 11.5. The predicted molar refractivity (Wildman–Crippen MR) is 91.9 cm³/mol. The van der Waals surface area contributed by atoms with Crippen molar-refractivity contribution < 1.29 is 13.2 Å². The van der Waals surface area contributed by atoms with Crippen molar-refractivity contribution in [3.63, 3.8) is 0 Å². The minimum absolute atomic E-state index is 0.136. The Morgan fingerprint density at radius 2 is 1.83 bits per heavy atom. The molecule has 2 aliphatic rings. The number of rotatable bonds is 4. The van der Waals surface area contributed by atoms with Gasteiger partial charge in [-0.25, -0.2) is 8.42 Å². The van der Waals surface area contributed by atoms with Gasteiger partial charge in [0.1, 0.15) is 17.9 Å². The zero-order valence-electron chi connectivity index (χ0n) is 13.5. The first-order valence-corrected chi connectivity index (χ1v) is 9.78. The number of benzene rings is 1. The Morgan fingerprint density at radius 1 is 1.17 bits per heavy atom. The smallest absolute Gasteiger partial charge is 0.175 e. The minimum atomic E-state index is -3.13. The van der Waals surface area contributed by atoms with Gasteiger partial charge in [0.2, 0.25) is 0 Å². The summed E-state index contributed by atoms with van der Waals surface area (Å²) in [7, 11) is -3.13. The monoisotopic (exact) mass is 334 g/mol. The highest BCUT2D eigenvalue weighted by Crippen LogP contribution is 2.25. The third-order valence-electron chi connectivity index (χ3n) is 4.33. The van der Waals surface area contributed by atoms with Gasteiger partial charge in [-0.05, 0) is 37.3 Å². The zero-order valence-corrected chi connectivity index (χ0v) is 14.3. The standard InChI is InChI=1S/C17H22N2O3S/c1-13-17(7-10-18-13)22-15-8-11-19(12-9-15)14-3-5-16(6-4-14)23(2,20)21/h3-7,10,13,15H,8-9,11-12H2,1-2H3. The summed E-state index contributed by atoms with van der Waals surface area (Å²) in [5.41, 5.74) is 1.06. The normalized spacial score (nSPS) is 22.3. The van der Waals surface area contributed by atoms with Crippen LogP contribution in [0, 0.1) is 0 Å². The quantitative estimate of drug-likeness (QED) is 0.848. The zero-order chi connectivity index (χ0) is 16.4. The van der Waals surface area contributed by atoms with Gasteiger partial charge in [-0.2, -0.15) is 0 Å². The Morgan fingerprint density at radius 3 is 2.35 bits per heavy atom. The van der Waals surface area contributed by atoms with Gasteiger partial charge in [-0.1, -0.05) is 0 Å².